The molecule has 1 amide bonds. The lowest BCUT2D eigenvalue weighted by molar-refractivity contribution is -0.143. The standard InChI is InChI=1S/C20H29ClFNO3S/c1-4-7-10-19(24)23-16-13-18(14(21)12-15(16)22)27-17(9-6-3)20(25)26-11-8-5-2/h12-13,17H,4-11H2,1-3H3,(H,23,24). The molecule has 7 heteroatoms. The molecule has 0 aliphatic heterocycles. The first-order valence-electron chi connectivity index (χ1n) is 9.55. The molecule has 27 heavy (non-hydrogen) atoms. The number of unbranched alkanes of at least 4 members (excludes halogenated alkanes) is 2. The molecule has 0 saturated carbocycles. The van der Waals surface area contributed by atoms with E-state index in [1.807, 2.05) is 20.8 Å². The van der Waals surface area contributed by atoms with Gasteiger partial charge in [0.05, 0.1) is 17.3 Å². The molecule has 1 unspecified atom stereocenters. The molecule has 0 radical (unpaired) electrons. The van der Waals surface area contributed by atoms with Crippen LogP contribution in [-0.4, -0.2) is 23.7 Å². The highest BCUT2D eigenvalue weighted by Crippen LogP contribution is 2.36. The highest BCUT2D eigenvalue weighted by atomic mass is 35.5. The van der Waals surface area contributed by atoms with E-state index in [4.69, 9.17) is 16.3 Å². The maximum Gasteiger partial charge on any atom is 0.319 e. The Morgan fingerprint density at radius 1 is 1.19 bits per heavy atom. The van der Waals surface area contributed by atoms with Crippen LogP contribution in [0.4, 0.5) is 10.1 Å². The number of esters is 1. The summed E-state index contributed by atoms with van der Waals surface area (Å²) >= 11 is 7.42. The summed E-state index contributed by atoms with van der Waals surface area (Å²) in [7, 11) is 0. The summed E-state index contributed by atoms with van der Waals surface area (Å²) in [5.41, 5.74) is 0.0811. The minimum atomic E-state index is -0.591. The van der Waals surface area contributed by atoms with Crippen LogP contribution in [0.25, 0.3) is 0 Å². The monoisotopic (exact) mass is 417 g/mol. The first-order chi connectivity index (χ1) is 12.9. The van der Waals surface area contributed by atoms with Gasteiger partial charge in [0.2, 0.25) is 5.91 Å². The number of benzene rings is 1. The van der Waals surface area contributed by atoms with Gasteiger partial charge < -0.3 is 10.1 Å². The number of carbonyl (C=O) groups excluding carboxylic acids is 2. The largest absolute Gasteiger partial charge is 0.465 e. The smallest absolute Gasteiger partial charge is 0.319 e. The Morgan fingerprint density at radius 2 is 1.89 bits per heavy atom. The van der Waals surface area contributed by atoms with E-state index < -0.39 is 11.1 Å². The van der Waals surface area contributed by atoms with Crippen LogP contribution in [0.1, 0.15) is 65.7 Å². The van der Waals surface area contributed by atoms with Gasteiger partial charge in [-0.15, -0.1) is 11.8 Å². The van der Waals surface area contributed by atoms with Crippen molar-refractivity contribution in [1.29, 1.82) is 0 Å². The second-order valence-electron chi connectivity index (χ2n) is 6.33. The molecular weight excluding hydrogens is 389 g/mol. The minimum absolute atomic E-state index is 0.0811. The molecule has 4 nitrogen and oxygen atoms in total. The molecule has 0 aliphatic rings. The summed E-state index contributed by atoms with van der Waals surface area (Å²) in [6.45, 7) is 6.39. The van der Waals surface area contributed by atoms with Gasteiger partial charge in [-0.1, -0.05) is 51.6 Å². The average molecular weight is 418 g/mol. The fourth-order valence-corrected chi connectivity index (χ4v) is 3.78. The Bertz CT molecular complexity index is 627. The van der Waals surface area contributed by atoms with Gasteiger partial charge in [0.25, 0.3) is 0 Å². The number of hydrogen-bond acceptors (Lipinski definition) is 4. The van der Waals surface area contributed by atoms with Crippen molar-refractivity contribution >= 4 is 40.9 Å². The molecule has 1 aromatic rings. The topological polar surface area (TPSA) is 55.4 Å². The molecule has 1 rings (SSSR count). The highest BCUT2D eigenvalue weighted by Gasteiger charge is 2.23. The van der Waals surface area contributed by atoms with Gasteiger partial charge >= 0.3 is 5.97 Å². The third-order valence-electron chi connectivity index (χ3n) is 3.88. The van der Waals surface area contributed by atoms with Gasteiger partial charge in [-0.2, -0.15) is 0 Å². The predicted molar refractivity (Wildman–Crippen MR) is 110 cm³/mol. The summed E-state index contributed by atoms with van der Waals surface area (Å²) in [5.74, 6) is -1.12. The number of rotatable bonds is 12. The van der Waals surface area contributed by atoms with Crippen LogP contribution in [0.15, 0.2) is 17.0 Å². The molecule has 1 N–H and O–H groups in total. The normalized spacial score (nSPS) is 11.9. The van der Waals surface area contributed by atoms with Gasteiger partial charge in [0.15, 0.2) is 0 Å². The Hall–Kier alpha value is -1.27. The van der Waals surface area contributed by atoms with Gasteiger partial charge in [-0.25, -0.2) is 4.39 Å². The number of ether oxygens (including phenoxy) is 1. The van der Waals surface area contributed by atoms with E-state index in [-0.39, 0.29) is 22.6 Å². The molecule has 0 fully saturated rings. The Morgan fingerprint density at radius 3 is 2.52 bits per heavy atom. The number of anilines is 1. The highest BCUT2D eigenvalue weighted by molar-refractivity contribution is 8.00. The second-order valence-corrected chi connectivity index (χ2v) is 7.98. The van der Waals surface area contributed by atoms with E-state index >= 15 is 0 Å². The molecule has 152 valence electrons. The summed E-state index contributed by atoms with van der Waals surface area (Å²) in [5, 5.41) is 2.38. The van der Waals surface area contributed by atoms with E-state index in [1.54, 1.807) is 0 Å². The van der Waals surface area contributed by atoms with Crippen LogP contribution in [0.5, 0.6) is 0 Å². The fourth-order valence-electron chi connectivity index (χ4n) is 2.32. The zero-order valence-corrected chi connectivity index (χ0v) is 17.9. The predicted octanol–water partition coefficient (Wildman–Crippen LogP) is 6.21. The summed E-state index contributed by atoms with van der Waals surface area (Å²) in [6.07, 6.45) is 5.16. The Balaban J connectivity index is 2.90. The average Bonchev–Trinajstić information content (AvgIpc) is 2.63. The lowest BCUT2D eigenvalue weighted by Gasteiger charge is -2.17. The number of carbonyl (C=O) groups is 2. The molecular formula is C20H29ClFNO3S. The van der Waals surface area contributed by atoms with Crippen molar-refractivity contribution in [3.05, 3.63) is 23.0 Å². The zero-order chi connectivity index (χ0) is 20.2. The lowest BCUT2D eigenvalue weighted by Crippen LogP contribution is -2.21. The zero-order valence-electron chi connectivity index (χ0n) is 16.3. The van der Waals surface area contributed by atoms with Crippen molar-refractivity contribution in [2.75, 3.05) is 11.9 Å². The molecule has 0 aromatic heterocycles. The van der Waals surface area contributed by atoms with Crippen molar-refractivity contribution in [2.24, 2.45) is 0 Å². The third kappa shape index (κ3) is 8.52. The van der Waals surface area contributed by atoms with Crippen molar-refractivity contribution < 1.29 is 18.7 Å². The van der Waals surface area contributed by atoms with Crippen LogP contribution in [0.3, 0.4) is 0 Å². The van der Waals surface area contributed by atoms with E-state index in [9.17, 15) is 14.0 Å². The van der Waals surface area contributed by atoms with Crippen LogP contribution in [-0.2, 0) is 14.3 Å². The molecule has 0 spiro atoms. The maximum absolute atomic E-state index is 14.2. The molecule has 1 aromatic carbocycles. The number of amides is 1. The fraction of sp³-hybridized carbons (Fsp3) is 0.600. The van der Waals surface area contributed by atoms with E-state index in [2.05, 4.69) is 5.32 Å². The molecule has 0 heterocycles. The quantitative estimate of drug-likeness (QED) is 0.249. The van der Waals surface area contributed by atoms with Crippen LogP contribution in [0, 0.1) is 5.82 Å². The van der Waals surface area contributed by atoms with Crippen LogP contribution >= 0.6 is 23.4 Å². The summed E-state index contributed by atoms with van der Waals surface area (Å²) < 4.78 is 19.5. The lowest BCUT2D eigenvalue weighted by atomic mass is 10.2. The summed E-state index contributed by atoms with van der Waals surface area (Å²) in [6, 6.07) is 2.67. The number of nitrogens with one attached hydrogen (secondary N) is 1. The van der Waals surface area contributed by atoms with E-state index in [0.717, 1.165) is 32.1 Å². The summed E-state index contributed by atoms with van der Waals surface area (Å²) in [4.78, 5) is 24.8. The molecule has 0 saturated heterocycles. The maximum atomic E-state index is 14.2. The molecule has 1 atom stereocenters. The second kappa shape index (κ2) is 13.0. The van der Waals surface area contributed by atoms with Crippen molar-refractivity contribution in [1.82, 2.24) is 0 Å². The van der Waals surface area contributed by atoms with E-state index in [0.29, 0.717) is 24.3 Å². The molecule has 0 aliphatic carbocycles. The van der Waals surface area contributed by atoms with Crippen molar-refractivity contribution in [2.45, 2.75) is 75.9 Å². The van der Waals surface area contributed by atoms with Crippen molar-refractivity contribution in [3.8, 4) is 0 Å². The van der Waals surface area contributed by atoms with Crippen LogP contribution in [0.2, 0.25) is 5.02 Å². The third-order valence-corrected chi connectivity index (χ3v) is 5.61. The Labute approximate surface area is 170 Å². The first kappa shape index (κ1) is 23.8. The SMILES string of the molecule is CCCCOC(=O)C(CCC)Sc1cc(NC(=O)CCCC)c(F)cc1Cl. The van der Waals surface area contributed by atoms with Gasteiger partial charge in [-0.3, -0.25) is 9.59 Å². The number of hydrogen-bond donors (Lipinski definition) is 1. The minimum Gasteiger partial charge on any atom is -0.465 e. The number of thioether (sulfide) groups is 1. The Kier molecular flexibility index (Phi) is 11.4. The van der Waals surface area contributed by atoms with Crippen LogP contribution < -0.4 is 5.32 Å². The first-order valence-corrected chi connectivity index (χ1v) is 10.8. The van der Waals surface area contributed by atoms with Crippen molar-refractivity contribution in [3.63, 3.8) is 0 Å². The molecule has 0 bridgehead atoms. The van der Waals surface area contributed by atoms with E-state index in [1.165, 1.54) is 23.9 Å². The van der Waals surface area contributed by atoms with Gasteiger partial charge in [0, 0.05) is 11.3 Å². The van der Waals surface area contributed by atoms with Gasteiger partial charge in [-0.05, 0) is 31.4 Å². The number of halogens is 2. The van der Waals surface area contributed by atoms with Gasteiger partial charge in [0.1, 0.15) is 11.1 Å².